The third-order valence-electron chi connectivity index (χ3n) is 4.63. The van der Waals surface area contributed by atoms with Crippen LogP contribution in [0.25, 0.3) is 5.82 Å². The minimum atomic E-state index is -0.280. The van der Waals surface area contributed by atoms with E-state index in [1.807, 2.05) is 32.0 Å². The molecule has 25 heavy (non-hydrogen) atoms. The van der Waals surface area contributed by atoms with Crippen molar-refractivity contribution in [1.82, 2.24) is 19.7 Å². The van der Waals surface area contributed by atoms with E-state index in [2.05, 4.69) is 10.1 Å². The molecule has 0 spiro atoms. The van der Waals surface area contributed by atoms with Gasteiger partial charge in [0, 0.05) is 25.2 Å². The molecule has 3 rings (SSSR count). The van der Waals surface area contributed by atoms with Crippen LogP contribution in [0.4, 0.5) is 0 Å². The summed E-state index contributed by atoms with van der Waals surface area (Å²) in [4.78, 5) is 30.4. The second-order valence-corrected chi connectivity index (χ2v) is 6.67. The number of rotatable bonds is 4. The number of nitrogens with zero attached hydrogens (tertiary/aromatic N) is 4. The van der Waals surface area contributed by atoms with Gasteiger partial charge in [0.25, 0.3) is 5.91 Å². The molecule has 0 saturated carbocycles. The molecule has 7 heteroatoms. The largest absolute Gasteiger partial charge is 0.369 e. The van der Waals surface area contributed by atoms with Crippen molar-refractivity contribution in [2.45, 2.75) is 32.6 Å². The highest BCUT2D eigenvalue weighted by Crippen LogP contribution is 2.25. The van der Waals surface area contributed by atoms with E-state index in [0.717, 1.165) is 5.69 Å². The summed E-state index contributed by atoms with van der Waals surface area (Å²) in [5.74, 6) is 0.348. The molecule has 2 aromatic rings. The van der Waals surface area contributed by atoms with Crippen LogP contribution < -0.4 is 5.73 Å². The second kappa shape index (κ2) is 7.04. The number of carbonyl (C=O) groups is 2. The van der Waals surface area contributed by atoms with Gasteiger partial charge in [0.1, 0.15) is 0 Å². The Balaban J connectivity index is 1.86. The minimum Gasteiger partial charge on any atom is -0.369 e. The van der Waals surface area contributed by atoms with Gasteiger partial charge >= 0.3 is 0 Å². The summed E-state index contributed by atoms with van der Waals surface area (Å²) >= 11 is 0. The molecule has 3 heterocycles. The van der Waals surface area contributed by atoms with Crippen LogP contribution in [0.1, 0.15) is 48.7 Å². The number of aromatic nitrogens is 3. The molecular weight excluding hydrogens is 318 g/mol. The molecule has 2 aromatic heterocycles. The fourth-order valence-electron chi connectivity index (χ4n) is 3.28. The van der Waals surface area contributed by atoms with E-state index in [1.54, 1.807) is 22.0 Å². The van der Waals surface area contributed by atoms with Crippen molar-refractivity contribution in [3.05, 3.63) is 41.9 Å². The highest BCUT2D eigenvalue weighted by molar-refractivity contribution is 5.95. The Hall–Kier alpha value is -2.70. The van der Waals surface area contributed by atoms with Gasteiger partial charge in [0.2, 0.25) is 5.91 Å². The zero-order chi connectivity index (χ0) is 18.0. The lowest BCUT2D eigenvalue weighted by atomic mass is 9.95. The van der Waals surface area contributed by atoms with Crippen LogP contribution in [0, 0.1) is 5.92 Å². The second-order valence-electron chi connectivity index (χ2n) is 6.67. The number of hydrogen-bond donors (Lipinski definition) is 1. The Morgan fingerprint density at radius 3 is 2.52 bits per heavy atom. The van der Waals surface area contributed by atoms with Crippen molar-refractivity contribution >= 4 is 11.8 Å². The van der Waals surface area contributed by atoms with E-state index in [9.17, 15) is 9.59 Å². The summed E-state index contributed by atoms with van der Waals surface area (Å²) in [6, 6.07) is 5.60. The Labute approximate surface area is 146 Å². The van der Waals surface area contributed by atoms with Gasteiger partial charge in [0.15, 0.2) is 5.82 Å². The molecule has 1 fully saturated rings. The maximum Gasteiger partial charge on any atom is 0.257 e. The van der Waals surface area contributed by atoms with E-state index >= 15 is 0 Å². The van der Waals surface area contributed by atoms with Crippen LogP contribution in [0.15, 0.2) is 30.6 Å². The summed E-state index contributed by atoms with van der Waals surface area (Å²) in [5, 5.41) is 4.40. The fourth-order valence-corrected chi connectivity index (χ4v) is 3.28. The van der Waals surface area contributed by atoms with Gasteiger partial charge in [-0.25, -0.2) is 9.67 Å². The van der Waals surface area contributed by atoms with Crippen LogP contribution in [-0.4, -0.2) is 44.6 Å². The Morgan fingerprint density at radius 1 is 1.24 bits per heavy atom. The van der Waals surface area contributed by atoms with Gasteiger partial charge in [0.05, 0.1) is 17.5 Å². The number of piperidine rings is 1. The summed E-state index contributed by atoms with van der Waals surface area (Å²) in [6.07, 6.45) is 4.56. The predicted molar refractivity (Wildman–Crippen MR) is 93.3 cm³/mol. The Bertz CT molecular complexity index is 761. The van der Waals surface area contributed by atoms with Gasteiger partial charge in [-0.1, -0.05) is 19.9 Å². The quantitative estimate of drug-likeness (QED) is 0.916. The molecule has 0 aromatic carbocycles. The fraction of sp³-hybridized carbons (Fsp3) is 0.444. The summed E-state index contributed by atoms with van der Waals surface area (Å²) in [6.45, 7) is 5.15. The van der Waals surface area contributed by atoms with Crippen LogP contribution in [0.3, 0.4) is 0 Å². The molecule has 0 aliphatic carbocycles. The Kier molecular flexibility index (Phi) is 4.83. The zero-order valence-electron chi connectivity index (χ0n) is 14.6. The molecule has 0 unspecified atom stereocenters. The van der Waals surface area contributed by atoms with Crippen molar-refractivity contribution in [3.8, 4) is 5.82 Å². The number of primary amides is 1. The molecular formula is C18H23N5O2. The number of hydrogen-bond acceptors (Lipinski definition) is 4. The van der Waals surface area contributed by atoms with Gasteiger partial charge in [-0.15, -0.1) is 0 Å². The van der Waals surface area contributed by atoms with Crippen molar-refractivity contribution < 1.29 is 9.59 Å². The van der Waals surface area contributed by atoms with E-state index in [0.29, 0.717) is 37.3 Å². The van der Waals surface area contributed by atoms with Crippen molar-refractivity contribution in [2.24, 2.45) is 11.7 Å². The molecule has 1 aliphatic heterocycles. The van der Waals surface area contributed by atoms with Crippen LogP contribution in [-0.2, 0) is 4.79 Å². The SMILES string of the molecule is CC(C)c1c(C(=O)N2CCC(C(N)=O)CC2)cnn1-c1ccccn1. The molecule has 7 nitrogen and oxygen atoms in total. The highest BCUT2D eigenvalue weighted by atomic mass is 16.2. The topological polar surface area (TPSA) is 94.1 Å². The van der Waals surface area contributed by atoms with E-state index in [4.69, 9.17) is 5.73 Å². The monoisotopic (exact) mass is 341 g/mol. The lowest BCUT2D eigenvalue weighted by molar-refractivity contribution is -0.123. The molecule has 0 radical (unpaired) electrons. The highest BCUT2D eigenvalue weighted by Gasteiger charge is 2.29. The molecule has 2 amide bonds. The first-order chi connectivity index (χ1) is 12.0. The van der Waals surface area contributed by atoms with Gasteiger partial charge in [-0.2, -0.15) is 5.10 Å². The summed E-state index contributed by atoms with van der Waals surface area (Å²) in [5.41, 5.74) is 6.81. The van der Waals surface area contributed by atoms with Crippen molar-refractivity contribution in [3.63, 3.8) is 0 Å². The average molecular weight is 341 g/mol. The molecule has 132 valence electrons. The average Bonchev–Trinajstić information content (AvgIpc) is 3.07. The third kappa shape index (κ3) is 3.40. The molecule has 1 saturated heterocycles. The molecule has 0 bridgehead atoms. The maximum absolute atomic E-state index is 13.0. The number of pyridine rings is 1. The number of carbonyl (C=O) groups excluding carboxylic acids is 2. The smallest absolute Gasteiger partial charge is 0.257 e. The lowest BCUT2D eigenvalue weighted by Gasteiger charge is -2.30. The van der Waals surface area contributed by atoms with Crippen LogP contribution in [0.5, 0.6) is 0 Å². The van der Waals surface area contributed by atoms with E-state index in [1.165, 1.54) is 0 Å². The van der Waals surface area contributed by atoms with E-state index in [-0.39, 0.29) is 23.7 Å². The van der Waals surface area contributed by atoms with Crippen molar-refractivity contribution in [1.29, 1.82) is 0 Å². The minimum absolute atomic E-state index is 0.0474. The van der Waals surface area contributed by atoms with Crippen molar-refractivity contribution in [2.75, 3.05) is 13.1 Å². The number of nitrogens with two attached hydrogens (primary N) is 1. The summed E-state index contributed by atoms with van der Waals surface area (Å²) in [7, 11) is 0. The van der Waals surface area contributed by atoms with Gasteiger partial charge < -0.3 is 10.6 Å². The van der Waals surface area contributed by atoms with Gasteiger partial charge in [-0.05, 0) is 30.9 Å². The normalized spacial score (nSPS) is 15.6. The first-order valence-electron chi connectivity index (χ1n) is 8.57. The van der Waals surface area contributed by atoms with Crippen LogP contribution >= 0.6 is 0 Å². The Morgan fingerprint density at radius 2 is 1.96 bits per heavy atom. The lowest BCUT2D eigenvalue weighted by Crippen LogP contribution is -2.42. The third-order valence-corrected chi connectivity index (χ3v) is 4.63. The van der Waals surface area contributed by atoms with Crippen LogP contribution in [0.2, 0.25) is 0 Å². The first kappa shape index (κ1) is 17.1. The number of amides is 2. The molecule has 2 N–H and O–H groups in total. The maximum atomic E-state index is 13.0. The standard InChI is InChI=1S/C18H23N5O2/c1-12(2)16-14(11-21-23(16)15-5-3-4-8-20-15)18(25)22-9-6-13(7-10-22)17(19)24/h3-5,8,11-13H,6-7,9-10H2,1-2H3,(H2,19,24). The predicted octanol–water partition coefficient (Wildman–Crippen LogP) is 1.73. The zero-order valence-corrected chi connectivity index (χ0v) is 14.6. The summed E-state index contributed by atoms with van der Waals surface area (Å²) < 4.78 is 1.73. The molecule has 0 atom stereocenters. The van der Waals surface area contributed by atoms with E-state index < -0.39 is 0 Å². The number of likely N-dealkylation sites (tertiary alicyclic amines) is 1. The molecule has 1 aliphatic rings. The van der Waals surface area contributed by atoms with Gasteiger partial charge in [-0.3, -0.25) is 9.59 Å². The first-order valence-corrected chi connectivity index (χ1v) is 8.57.